The van der Waals surface area contributed by atoms with Crippen molar-refractivity contribution in [2.24, 2.45) is 0 Å². The quantitative estimate of drug-likeness (QED) is 0.705. The van der Waals surface area contributed by atoms with Gasteiger partial charge in [0.15, 0.2) is 0 Å². The van der Waals surface area contributed by atoms with E-state index in [1.807, 2.05) is 0 Å². The second-order valence-electron chi connectivity index (χ2n) is 4.84. The zero-order valence-corrected chi connectivity index (χ0v) is 13.8. The Kier molecular flexibility index (Phi) is 5.29. The van der Waals surface area contributed by atoms with E-state index < -0.39 is 23.5 Å². The smallest absolute Gasteiger partial charge is 0.313 e. The molecule has 22 heavy (non-hydrogen) atoms. The molecule has 2 aromatic carbocycles. The van der Waals surface area contributed by atoms with Gasteiger partial charge in [-0.1, -0.05) is 34.1 Å². The van der Waals surface area contributed by atoms with Crippen molar-refractivity contribution in [2.45, 2.75) is 19.8 Å². The van der Waals surface area contributed by atoms with Gasteiger partial charge in [0.1, 0.15) is 11.6 Å². The van der Waals surface area contributed by atoms with E-state index in [0.717, 1.165) is 0 Å². The van der Waals surface area contributed by atoms with E-state index in [4.69, 9.17) is 4.74 Å². The van der Waals surface area contributed by atoms with Crippen LogP contribution in [0.2, 0.25) is 0 Å². The monoisotopic (exact) mass is 368 g/mol. The highest BCUT2D eigenvalue weighted by Gasteiger charge is 2.19. The molecule has 0 aliphatic carbocycles. The molecule has 1 unspecified atom stereocenters. The number of halogens is 3. The van der Waals surface area contributed by atoms with Gasteiger partial charge in [-0.25, -0.2) is 8.78 Å². The Morgan fingerprint density at radius 3 is 2.27 bits per heavy atom. The molecule has 0 aliphatic rings. The zero-order chi connectivity index (χ0) is 16.3. The van der Waals surface area contributed by atoms with Gasteiger partial charge in [0.25, 0.3) is 0 Å². The predicted octanol–water partition coefficient (Wildman–Crippen LogP) is 5.06. The van der Waals surface area contributed by atoms with Crippen molar-refractivity contribution in [3.8, 4) is 11.1 Å². The third-order valence-electron chi connectivity index (χ3n) is 3.35. The molecule has 0 bridgehead atoms. The molecule has 0 N–H and O–H groups in total. The third-order valence-corrected chi connectivity index (χ3v) is 3.85. The number of ether oxygens (including phenoxy) is 1. The molecule has 2 rings (SSSR count). The van der Waals surface area contributed by atoms with E-state index in [-0.39, 0.29) is 17.7 Å². The molecule has 5 heteroatoms. The van der Waals surface area contributed by atoms with Crippen LogP contribution < -0.4 is 0 Å². The molecule has 0 fully saturated rings. The highest BCUT2D eigenvalue weighted by atomic mass is 79.9. The molecule has 2 aromatic rings. The van der Waals surface area contributed by atoms with E-state index in [9.17, 15) is 13.6 Å². The Balaban J connectivity index is 2.36. The number of hydrogen-bond acceptors (Lipinski definition) is 2. The van der Waals surface area contributed by atoms with Gasteiger partial charge in [-0.2, -0.15) is 0 Å². The van der Waals surface area contributed by atoms with Crippen LogP contribution in [0.3, 0.4) is 0 Å². The highest BCUT2D eigenvalue weighted by molar-refractivity contribution is 9.10. The fourth-order valence-electron chi connectivity index (χ4n) is 2.13. The van der Waals surface area contributed by atoms with Gasteiger partial charge in [-0.05, 0) is 37.6 Å². The Bertz CT molecular complexity index is 701. The number of rotatable bonds is 4. The van der Waals surface area contributed by atoms with E-state index in [1.54, 1.807) is 26.0 Å². The van der Waals surface area contributed by atoms with Gasteiger partial charge >= 0.3 is 5.97 Å². The van der Waals surface area contributed by atoms with Crippen molar-refractivity contribution >= 4 is 21.9 Å². The van der Waals surface area contributed by atoms with Crippen LogP contribution in [0.25, 0.3) is 11.1 Å². The Morgan fingerprint density at radius 1 is 1.14 bits per heavy atom. The molecule has 0 aliphatic heterocycles. The fourth-order valence-corrected chi connectivity index (χ4v) is 2.46. The highest BCUT2D eigenvalue weighted by Crippen LogP contribution is 2.30. The second-order valence-corrected chi connectivity index (χ2v) is 5.75. The van der Waals surface area contributed by atoms with Gasteiger partial charge in [0.2, 0.25) is 0 Å². The average Bonchev–Trinajstić information content (AvgIpc) is 2.47. The molecule has 2 nitrogen and oxygen atoms in total. The van der Waals surface area contributed by atoms with Crippen molar-refractivity contribution in [2.75, 3.05) is 6.61 Å². The van der Waals surface area contributed by atoms with Crippen LogP contribution in [0.15, 0.2) is 40.9 Å². The lowest BCUT2D eigenvalue weighted by Gasteiger charge is -2.13. The van der Waals surface area contributed by atoms with E-state index >= 15 is 0 Å². The molecule has 0 radical (unpaired) electrons. The van der Waals surface area contributed by atoms with Crippen LogP contribution in [0, 0.1) is 11.6 Å². The lowest BCUT2D eigenvalue weighted by molar-refractivity contribution is -0.144. The third kappa shape index (κ3) is 3.53. The second kappa shape index (κ2) is 7.01. The number of carbonyl (C=O) groups excluding carboxylic acids is 1. The van der Waals surface area contributed by atoms with Crippen molar-refractivity contribution in [3.63, 3.8) is 0 Å². The summed E-state index contributed by atoms with van der Waals surface area (Å²) in [5.41, 5.74) is 0.832. The number of hydrogen-bond donors (Lipinski definition) is 0. The summed E-state index contributed by atoms with van der Waals surface area (Å²) in [4.78, 5) is 11.7. The number of benzene rings is 2. The topological polar surface area (TPSA) is 26.3 Å². The van der Waals surface area contributed by atoms with Crippen LogP contribution in [-0.2, 0) is 9.53 Å². The normalized spacial score (nSPS) is 12.0. The summed E-state index contributed by atoms with van der Waals surface area (Å²) in [7, 11) is 0. The van der Waals surface area contributed by atoms with Gasteiger partial charge in [0, 0.05) is 15.6 Å². The predicted molar refractivity (Wildman–Crippen MR) is 84.5 cm³/mol. The molecular weight excluding hydrogens is 354 g/mol. The maximum atomic E-state index is 14.3. The molecule has 0 saturated heterocycles. The van der Waals surface area contributed by atoms with Crippen molar-refractivity contribution in [1.29, 1.82) is 0 Å². The first kappa shape index (κ1) is 16.6. The lowest BCUT2D eigenvalue weighted by Crippen LogP contribution is -2.13. The van der Waals surface area contributed by atoms with E-state index in [0.29, 0.717) is 10.0 Å². The SMILES string of the molecule is CCOC(=O)C(C)c1ccc(-c2ccc(Br)cc2F)c(F)c1. The molecule has 0 aromatic heterocycles. The minimum atomic E-state index is -0.574. The van der Waals surface area contributed by atoms with Gasteiger partial charge in [-0.15, -0.1) is 0 Å². The van der Waals surface area contributed by atoms with Crippen molar-refractivity contribution < 1.29 is 18.3 Å². The summed E-state index contributed by atoms with van der Waals surface area (Å²) in [6.07, 6.45) is 0. The fraction of sp³-hybridized carbons (Fsp3) is 0.235. The Hall–Kier alpha value is -1.75. The molecular formula is C17H15BrF2O2. The molecule has 116 valence electrons. The summed E-state index contributed by atoms with van der Waals surface area (Å²) >= 11 is 3.16. The van der Waals surface area contributed by atoms with Gasteiger partial charge in [-0.3, -0.25) is 4.79 Å². The van der Waals surface area contributed by atoms with Crippen molar-refractivity contribution in [1.82, 2.24) is 0 Å². The minimum Gasteiger partial charge on any atom is -0.466 e. The maximum Gasteiger partial charge on any atom is 0.313 e. The standard InChI is InChI=1S/C17H15BrF2O2/c1-3-22-17(21)10(2)11-4-6-13(15(19)8-11)14-7-5-12(18)9-16(14)20/h4-10H,3H2,1-2H3. The van der Waals surface area contributed by atoms with E-state index in [2.05, 4.69) is 15.9 Å². The van der Waals surface area contributed by atoms with Crippen LogP contribution in [0.5, 0.6) is 0 Å². The van der Waals surface area contributed by atoms with Crippen molar-refractivity contribution in [3.05, 3.63) is 58.1 Å². The lowest BCUT2D eigenvalue weighted by atomic mass is 9.97. The summed E-state index contributed by atoms with van der Waals surface area (Å²) in [6, 6.07) is 8.77. The largest absolute Gasteiger partial charge is 0.466 e. The van der Waals surface area contributed by atoms with Crippen LogP contribution in [0.4, 0.5) is 8.78 Å². The van der Waals surface area contributed by atoms with Gasteiger partial charge < -0.3 is 4.74 Å². The Labute approximate surface area is 136 Å². The first-order valence-corrected chi connectivity index (χ1v) is 7.64. The van der Waals surface area contributed by atoms with Gasteiger partial charge in [0.05, 0.1) is 12.5 Å². The first-order chi connectivity index (χ1) is 10.4. The molecule has 0 heterocycles. The maximum absolute atomic E-state index is 14.3. The average molecular weight is 369 g/mol. The molecule has 0 spiro atoms. The summed E-state index contributed by atoms with van der Waals surface area (Å²) in [6.45, 7) is 3.63. The van der Waals surface area contributed by atoms with E-state index in [1.165, 1.54) is 24.3 Å². The first-order valence-electron chi connectivity index (χ1n) is 6.85. The number of esters is 1. The summed E-state index contributed by atoms with van der Waals surface area (Å²) in [5.74, 6) is -2.07. The van der Waals surface area contributed by atoms with Crippen LogP contribution in [0.1, 0.15) is 25.3 Å². The summed E-state index contributed by atoms with van der Waals surface area (Å²) in [5, 5.41) is 0. The zero-order valence-electron chi connectivity index (χ0n) is 12.2. The minimum absolute atomic E-state index is 0.157. The molecule has 1 atom stereocenters. The molecule has 0 amide bonds. The van der Waals surface area contributed by atoms with Crippen LogP contribution >= 0.6 is 15.9 Å². The number of carbonyl (C=O) groups is 1. The van der Waals surface area contributed by atoms with Crippen LogP contribution in [-0.4, -0.2) is 12.6 Å². The summed E-state index contributed by atoms with van der Waals surface area (Å²) < 4.78 is 33.7. The Morgan fingerprint density at radius 2 is 1.73 bits per heavy atom. The molecule has 0 saturated carbocycles.